The predicted molar refractivity (Wildman–Crippen MR) is 260 cm³/mol. The van der Waals surface area contributed by atoms with Crippen LogP contribution in [0.5, 0.6) is 0 Å². The van der Waals surface area contributed by atoms with Gasteiger partial charge in [0, 0.05) is 38.1 Å². The van der Waals surface area contributed by atoms with E-state index in [2.05, 4.69) is 39.9 Å². The number of hydrogen-bond donors (Lipinski definition) is 11. The molecule has 4 aliphatic heterocycles. The lowest BCUT2D eigenvalue weighted by molar-refractivity contribution is -0.0634. The maximum Gasteiger partial charge on any atom is 0.472 e. The molecule has 0 bridgehead atoms. The number of phosphoric acid groups is 3. The average molecular weight is 1170 g/mol. The summed E-state index contributed by atoms with van der Waals surface area (Å²) in [5.41, 5.74) is 19.5. The Hall–Kier alpha value is -6.25. The first-order valence-electron chi connectivity index (χ1n) is 23.4. The summed E-state index contributed by atoms with van der Waals surface area (Å²) in [7, 11) is -15.8. The highest BCUT2D eigenvalue weighted by Crippen LogP contribution is 2.53. The Morgan fingerprint density at radius 1 is 0.557 bits per heavy atom. The van der Waals surface area contributed by atoms with Crippen LogP contribution in [-0.2, 0) is 59.8 Å². The van der Waals surface area contributed by atoms with Gasteiger partial charge in [-0.05, 0) is 12.1 Å². The smallest absolute Gasteiger partial charge is 0.394 e. The Morgan fingerprint density at radius 3 is 1.34 bits per heavy atom. The molecule has 41 heteroatoms. The lowest BCUT2D eigenvalue weighted by Gasteiger charge is -2.25. The Balaban J connectivity index is 0.809. The molecule has 4 saturated heterocycles. The number of hydrogen-bond acceptors (Lipinski definition) is 29. The number of H-pyrrole nitrogens is 2. The first-order valence-corrected chi connectivity index (χ1v) is 27.9. The highest BCUT2D eigenvalue weighted by molar-refractivity contribution is 7.48. The molecule has 0 radical (unpaired) electrons. The van der Waals surface area contributed by atoms with Crippen molar-refractivity contribution in [3.8, 4) is 0 Å². The van der Waals surface area contributed by atoms with Crippen molar-refractivity contribution in [2.75, 3.05) is 49.4 Å². The first-order chi connectivity index (χ1) is 37.4. The summed E-state index contributed by atoms with van der Waals surface area (Å²) in [6.07, 6.45) is -12.5. The Kier molecular flexibility index (Phi) is 15.6. The fraction of sp³-hybridized carbons (Fsp3) is 0.526. The molecule has 4 aliphatic rings. The molecule has 428 valence electrons. The minimum Gasteiger partial charge on any atom is -0.394 e. The molecule has 6 aromatic rings. The van der Waals surface area contributed by atoms with E-state index < -0.39 is 159 Å². The number of nitrogens with one attached hydrogen (secondary N) is 2. The van der Waals surface area contributed by atoms with Gasteiger partial charge in [-0.25, -0.2) is 33.3 Å². The van der Waals surface area contributed by atoms with Crippen molar-refractivity contribution in [2.45, 2.75) is 99.4 Å². The highest BCUT2D eigenvalue weighted by Gasteiger charge is 2.48. The Bertz CT molecular complexity index is 3650. The Morgan fingerprint density at radius 2 is 0.924 bits per heavy atom. The quantitative estimate of drug-likeness (QED) is 0.0342. The monoisotopic (exact) mass is 1170 g/mol. The van der Waals surface area contributed by atoms with Gasteiger partial charge in [-0.2, -0.15) is 19.9 Å². The van der Waals surface area contributed by atoms with E-state index in [1.54, 1.807) is 0 Å². The predicted octanol–water partition coefficient (Wildman–Crippen LogP) is -2.89. The zero-order valence-corrected chi connectivity index (χ0v) is 43.0. The second-order valence-corrected chi connectivity index (χ2v) is 22.3. The minimum atomic E-state index is -5.38. The number of ether oxygens (including phenoxy) is 4. The van der Waals surface area contributed by atoms with Crippen LogP contribution in [0.2, 0.25) is 0 Å². The van der Waals surface area contributed by atoms with Crippen LogP contribution in [0.25, 0.3) is 22.3 Å². The van der Waals surface area contributed by atoms with Crippen molar-refractivity contribution in [2.24, 2.45) is 0 Å². The number of nitrogen functional groups attached to an aromatic ring is 4. The lowest BCUT2D eigenvalue weighted by Crippen LogP contribution is -2.31. The lowest BCUT2D eigenvalue weighted by atomic mass is 10.2. The maximum absolute atomic E-state index is 13.8. The number of imidazole rings is 2. The molecule has 10 rings (SSSR count). The first kappa shape index (κ1) is 56.0. The van der Waals surface area contributed by atoms with Gasteiger partial charge < -0.3 is 66.8 Å². The van der Waals surface area contributed by atoms with Gasteiger partial charge in [-0.1, -0.05) is 0 Å². The average Bonchev–Trinajstić information content (AvgIpc) is 4.46. The molecule has 0 aliphatic carbocycles. The van der Waals surface area contributed by atoms with Crippen LogP contribution < -0.4 is 45.4 Å². The van der Waals surface area contributed by atoms with Crippen molar-refractivity contribution in [3.63, 3.8) is 0 Å². The normalized spacial score (nSPS) is 29.5. The number of anilines is 4. The second kappa shape index (κ2) is 22.0. The third-order valence-corrected chi connectivity index (χ3v) is 15.8. The van der Waals surface area contributed by atoms with Crippen molar-refractivity contribution in [1.82, 2.24) is 58.1 Å². The number of fused-ring (bicyclic) bond motifs is 2. The number of phosphoric ester groups is 3. The zero-order valence-electron chi connectivity index (χ0n) is 40.3. The number of rotatable bonds is 20. The van der Waals surface area contributed by atoms with Gasteiger partial charge in [0.2, 0.25) is 11.9 Å². The van der Waals surface area contributed by atoms with Crippen LogP contribution in [0.4, 0.5) is 23.5 Å². The molecule has 0 amide bonds. The topological polar surface area (TPSA) is 546 Å². The standard InChI is InChI=1S/C38H49N16O22P3/c39-23-1-3-51(37(59)45-23)26-7-17(75-77(61,62)67-10-20-15(56)5-25(71-20)53-13-43-29-31(53)47-35(41)49-33(29)57)22(73-26)12-69-79(65,66)76-18-8-27(52-4-2-24(40)46-38(52)60)72-21(18)11-68-78(63,64)74-16-6-28(70-19(16)9-55)54-14-44-30-32(54)48-36(42)50-34(30)58/h1-4,13-22,25-28,55-56H,5-12H2,(H,61,62)(H,63,64)(H,65,66)(H2,39,45,59)(H2,40,46,60)(H3,41,47,49,57)(H3,42,48,50,58)/t15-,16-,17-,18-,19+,20+,21+,22+,25+,26+,27+,28+/m0/s1. The van der Waals surface area contributed by atoms with E-state index in [0.717, 1.165) is 9.13 Å². The molecule has 4 fully saturated rings. The molecular formula is C38H49N16O22P3. The number of nitrogens with two attached hydrogens (primary N) is 4. The van der Waals surface area contributed by atoms with Gasteiger partial charge in [0.25, 0.3) is 11.1 Å². The minimum absolute atomic E-state index is 0.00467. The van der Waals surface area contributed by atoms with Gasteiger partial charge in [0.15, 0.2) is 22.3 Å². The van der Waals surface area contributed by atoms with Crippen LogP contribution in [-0.4, -0.2) is 158 Å². The fourth-order valence-electron chi connectivity index (χ4n) is 9.15. The molecule has 38 nitrogen and oxygen atoms in total. The summed E-state index contributed by atoms with van der Waals surface area (Å²) in [5, 5.41) is 20.9. The van der Waals surface area contributed by atoms with Crippen molar-refractivity contribution in [1.29, 1.82) is 0 Å². The van der Waals surface area contributed by atoms with Crippen molar-refractivity contribution >= 4 is 69.3 Å². The van der Waals surface area contributed by atoms with Gasteiger partial charge in [-0.15, -0.1) is 0 Å². The highest BCUT2D eigenvalue weighted by atomic mass is 31.2. The number of aliphatic hydroxyl groups is 2. The molecular weight excluding hydrogens is 1130 g/mol. The molecule has 10 heterocycles. The summed E-state index contributed by atoms with van der Waals surface area (Å²) in [4.78, 5) is 112. The van der Waals surface area contributed by atoms with Crippen LogP contribution in [0.3, 0.4) is 0 Å². The van der Waals surface area contributed by atoms with E-state index in [1.807, 2.05) is 0 Å². The number of aromatic nitrogens is 12. The van der Waals surface area contributed by atoms with E-state index in [-0.39, 0.29) is 58.7 Å². The van der Waals surface area contributed by atoms with E-state index >= 15 is 0 Å². The van der Waals surface area contributed by atoms with Gasteiger partial charge in [0.05, 0.1) is 45.2 Å². The van der Waals surface area contributed by atoms with Crippen LogP contribution in [0.15, 0.2) is 56.4 Å². The number of nitrogens with zero attached hydrogens (tertiary/aromatic N) is 10. The maximum atomic E-state index is 13.8. The van der Waals surface area contributed by atoms with Crippen molar-refractivity contribution < 1.29 is 84.7 Å². The van der Waals surface area contributed by atoms with Crippen molar-refractivity contribution in [3.05, 3.63) is 78.9 Å². The molecule has 15 atom stereocenters. The third-order valence-electron chi connectivity index (χ3n) is 12.8. The fourth-order valence-corrected chi connectivity index (χ4v) is 12.0. The van der Waals surface area contributed by atoms with E-state index in [0.29, 0.717) is 0 Å². The van der Waals surface area contributed by atoms with Gasteiger partial charge in [-0.3, -0.25) is 65.0 Å². The van der Waals surface area contributed by atoms with Crippen LogP contribution in [0, 0.1) is 0 Å². The summed E-state index contributed by atoms with van der Waals surface area (Å²) in [6.45, 7) is -3.37. The van der Waals surface area contributed by atoms with E-state index in [9.17, 15) is 57.8 Å². The molecule has 0 spiro atoms. The zero-order chi connectivity index (χ0) is 56.3. The Labute approximate surface area is 438 Å². The summed E-state index contributed by atoms with van der Waals surface area (Å²) < 4.78 is 101. The summed E-state index contributed by atoms with van der Waals surface area (Å²) in [5.74, 6) is -0.763. The van der Waals surface area contributed by atoms with Gasteiger partial charge in [0.1, 0.15) is 79.3 Å². The number of aliphatic hydroxyl groups excluding tert-OH is 2. The largest absolute Gasteiger partial charge is 0.472 e. The van der Waals surface area contributed by atoms with E-state index in [4.69, 9.17) is 69.0 Å². The summed E-state index contributed by atoms with van der Waals surface area (Å²) >= 11 is 0. The van der Waals surface area contributed by atoms with Crippen LogP contribution in [0.1, 0.15) is 50.6 Å². The molecule has 15 N–H and O–H groups in total. The molecule has 0 aromatic carbocycles. The SMILES string of the molecule is Nc1ccn([C@H]2C[C@H](OP(=O)(O)OC[C@H]3O[C@@H](n4cnc5c(=O)[nH]c(N)nc54)C[C@@H]3O)[C@@H](COP(=O)(O)O[C@H]3C[C@H](n4ccc(N)nc4=O)O[C@@H]3COP(=O)(O)O[C@H]3C[C@H](n4cnc5c(=O)[nH]c(N)nc54)O[C@@H]3CO)O2)c(=O)n1. The van der Waals surface area contributed by atoms with Crippen LogP contribution >= 0.6 is 23.5 Å². The molecule has 3 unspecified atom stereocenters. The second-order valence-electron chi connectivity index (χ2n) is 18.1. The molecule has 0 saturated carbocycles. The number of aromatic amines is 2. The summed E-state index contributed by atoms with van der Waals surface area (Å²) in [6, 6.07) is 2.49. The molecule has 79 heavy (non-hydrogen) atoms. The third kappa shape index (κ3) is 12.3. The van der Waals surface area contributed by atoms with Gasteiger partial charge >= 0.3 is 34.8 Å². The molecule has 6 aromatic heterocycles. The van der Waals surface area contributed by atoms with E-state index in [1.165, 1.54) is 46.3 Å².